The summed E-state index contributed by atoms with van der Waals surface area (Å²) in [6.45, 7) is 3.41. The molecule has 0 radical (unpaired) electrons. The Hall–Kier alpha value is -3.18. The van der Waals surface area contributed by atoms with Crippen LogP contribution in [0, 0.1) is 5.41 Å². The van der Waals surface area contributed by atoms with Crippen molar-refractivity contribution in [3.8, 4) is 0 Å². The highest BCUT2D eigenvalue weighted by Crippen LogP contribution is 2.14. The SMILES string of the molecule is Cl.N=C(N)N1CCN(CCc2cn(CC(=O)N(CC(=O)O)c3ccccc3)nn2)CC1. The standard InChI is InChI=1S/C19H26N8O3.ClH/c20-19(21)25-10-8-24(9-11-25)7-6-15-12-26(23-22-15)13-17(28)27(14-18(29)30)16-4-2-1-3-5-16;/h1-5,12H,6-11,13-14H2,(H3,20,21)(H,29,30);1H. The number of rotatable bonds is 8. The highest BCUT2D eigenvalue weighted by Gasteiger charge is 2.20. The first kappa shape index (κ1) is 24.1. The summed E-state index contributed by atoms with van der Waals surface area (Å²) >= 11 is 0. The number of benzene rings is 1. The van der Waals surface area contributed by atoms with Gasteiger partial charge in [0.1, 0.15) is 13.1 Å². The fraction of sp³-hybridized carbons (Fsp3) is 0.421. The number of carbonyl (C=O) groups excluding carboxylic acids is 1. The van der Waals surface area contributed by atoms with Gasteiger partial charge in [0.05, 0.1) is 5.69 Å². The van der Waals surface area contributed by atoms with E-state index >= 15 is 0 Å². The molecule has 0 unspecified atom stereocenters. The van der Waals surface area contributed by atoms with Gasteiger partial charge in [-0.2, -0.15) is 0 Å². The molecule has 1 aromatic heterocycles. The molecule has 168 valence electrons. The van der Waals surface area contributed by atoms with Crippen molar-refractivity contribution in [3.63, 3.8) is 0 Å². The van der Waals surface area contributed by atoms with E-state index in [0.29, 0.717) is 12.1 Å². The van der Waals surface area contributed by atoms with Crippen LogP contribution in [0.3, 0.4) is 0 Å². The van der Waals surface area contributed by atoms with Gasteiger partial charge in [-0.1, -0.05) is 23.4 Å². The minimum absolute atomic E-state index is 0. The van der Waals surface area contributed by atoms with Crippen molar-refractivity contribution in [1.82, 2.24) is 24.8 Å². The summed E-state index contributed by atoms with van der Waals surface area (Å²) in [5, 5.41) is 24.8. The molecule has 3 rings (SSSR count). The lowest BCUT2D eigenvalue weighted by Crippen LogP contribution is -2.51. The van der Waals surface area contributed by atoms with Crippen LogP contribution >= 0.6 is 12.4 Å². The number of carboxylic acids is 1. The van der Waals surface area contributed by atoms with E-state index in [1.165, 1.54) is 9.58 Å². The molecule has 0 spiro atoms. The molecule has 0 atom stereocenters. The number of amides is 1. The zero-order chi connectivity index (χ0) is 21.5. The molecule has 31 heavy (non-hydrogen) atoms. The zero-order valence-electron chi connectivity index (χ0n) is 17.1. The molecule has 1 aliphatic rings. The summed E-state index contributed by atoms with van der Waals surface area (Å²) < 4.78 is 1.43. The molecule has 1 fully saturated rings. The third-order valence-corrected chi connectivity index (χ3v) is 4.94. The zero-order valence-corrected chi connectivity index (χ0v) is 17.9. The number of piperazine rings is 1. The molecule has 1 aromatic carbocycles. The molecule has 0 aliphatic carbocycles. The largest absolute Gasteiger partial charge is 0.480 e. The Morgan fingerprint density at radius 3 is 2.45 bits per heavy atom. The second-order valence-electron chi connectivity index (χ2n) is 7.08. The number of hydrogen-bond donors (Lipinski definition) is 3. The predicted molar refractivity (Wildman–Crippen MR) is 117 cm³/mol. The van der Waals surface area contributed by atoms with Crippen LogP contribution in [0.1, 0.15) is 5.69 Å². The monoisotopic (exact) mass is 450 g/mol. The number of carbonyl (C=O) groups is 2. The first-order valence-electron chi connectivity index (χ1n) is 9.70. The third kappa shape index (κ3) is 6.93. The normalized spacial score (nSPS) is 14.0. The van der Waals surface area contributed by atoms with Gasteiger partial charge in [-0.05, 0) is 12.1 Å². The number of halogens is 1. The van der Waals surface area contributed by atoms with Gasteiger partial charge >= 0.3 is 5.97 Å². The van der Waals surface area contributed by atoms with Gasteiger partial charge in [0.2, 0.25) is 5.91 Å². The van der Waals surface area contributed by atoms with Gasteiger partial charge in [-0.15, -0.1) is 17.5 Å². The Kier molecular flexibility index (Phi) is 8.76. The number of nitrogens with one attached hydrogen (secondary N) is 1. The van der Waals surface area contributed by atoms with Gasteiger partial charge in [0, 0.05) is 51.0 Å². The van der Waals surface area contributed by atoms with Crippen LogP contribution in [0.2, 0.25) is 0 Å². The van der Waals surface area contributed by atoms with E-state index in [1.54, 1.807) is 36.5 Å². The van der Waals surface area contributed by atoms with Gasteiger partial charge in [-0.3, -0.25) is 24.8 Å². The van der Waals surface area contributed by atoms with Crippen LogP contribution < -0.4 is 10.6 Å². The Labute approximate surface area is 186 Å². The summed E-state index contributed by atoms with van der Waals surface area (Å²) in [5.74, 6) is -1.36. The molecular formula is C19H27ClN8O3. The maximum atomic E-state index is 12.7. The molecule has 1 amide bonds. The van der Waals surface area contributed by atoms with Gasteiger partial charge < -0.3 is 15.7 Å². The van der Waals surface area contributed by atoms with Crippen molar-refractivity contribution in [2.45, 2.75) is 13.0 Å². The number of nitrogens with two attached hydrogens (primary N) is 1. The number of aromatic nitrogens is 3. The minimum Gasteiger partial charge on any atom is -0.480 e. The number of anilines is 1. The fourth-order valence-corrected chi connectivity index (χ4v) is 3.31. The molecule has 11 nitrogen and oxygen atoms in total. The predicted octanol–water partition coefficient (Wildman–Crippen LogP) is -0.129. The van der Waals surface area contributed by atoms with Crippen LogP contribution in [-0.2, 0) is 22.6 Å². The fourth-order valence-electron chi connectivity index (χ4n) is 3.31. The average molecular weight is 451 g/mol. The first-order chi connectivity index (χ1) is 14.4. The second-order valence-corrected chi connectivity index (χ2v) is 7.08. The Balaban J connectivity index is 0.00000341. The molecule has 2 heterocycles. The summed E-state index contributed by atoms with van der Waals surface area (Å²) in [4.78, 5) is 29.2. The van der Waals surface area contributed by atoms with Crippen LogP contribution in [-0.4, -0.2) is 87.0 Å². The molecular weight excluding hydrogens is 424 g/mol. The van der Waals surface area contributed by atoms with Crippen LogP contribution in [0.25, 0.3) is 0 Å². The van der Waals surface area contributed by atoms with Crippen LogP contribution in [0.5, 0.6) is 0 Å². The molecule has 12 heteroatoms. The van der Waals surface area contributed by atoms with Gasteiger partial charge in [-0.25, -0.2) is 4.68 Å². The van der Waals surface area contributed by atoms with Crippen molar-refractivity contribution in [1.29, 1.82) is 5.41 Å². The summed E-state index contributed by atoms with van der Waals surface area (Å²) in [5.41, 5.74) is 6.80. The maximum Gasteiger partial charge on any atom is 0.323 e. The van der Waals surface area contributed by atoms with E-state index in [1.807, 2.05) is 4.90 Å². The molecule has 4 N–H and O–H groups in total. The van der Waals surface area contributed by atoms with E-state index < -0.39 is 12.5 Å². The molecule has 0 bridgehead atoms. The lowest BCUT2D eigenvalue weighted by Gasteiger charge is -2.34. The lowest BCUT2D eigenvalue weighted by atomic mass is 10.2. The van der Waals surface area contributed by atoms with Gasteiger partial charge in [0.15, 0.2) is 5.96 Å². The Morgan fingerprint density at radius 1 is 1.16 bits per heavy atom. The Bertz CT molecular complexity index is 883. The number of para-hydroxylation sites is 1. The second kappa shape index (κ2) is 11.3. The van der Waals surface area contributed by atoms with E-state index in [2.05, 4.69) is 15.2 Å². The summed E-state index contributed by atoms with van der Waals surface area (Å²) in [6, 6.07) is 8.69. The van der Waals surface area contributed by atoms with Gasteiger partial charge in [0.25, 0.3) is 0 Å². The van der Waals surface area contributed by atoms with E-state index in [0.717, 1.165) is 38.4 Å². The summed E-state index contributed by atoms with van der Waals surface area (Å²) in [6.07, 6.45) is 2.40. The minimum atomic E-state index is -1.09. The van der Waals surface area contributed by atoms with Crippen LogP contribution in [0.15, 0.2) is 36.5 Å². The third-order valence-electron chi connectivity index (χ3n) is 4.94. The number of carboxylic acid groups (broad SMARTS) is 1. The maximum absolute atomic E-state index is 12.7. The Morgan fingerprint density at radius 2 is 1.84 bits per heavy atom. The molecule has 1 aliphatic heterocycles. The highest BCUT2D eigenvalue weighted by molar-refractivity contribution is 5.97. The smallest absolute Gasteiger partial charge is 0.323 e. The summed E-state index contributed by atoms with van der Waals surface area (Å²) in [7, 11) is 0. The van der Waals surface area contributed by atoms with Crippen molar-refractivity contribution >= 4 is 35.9 Å². The number of aliphatic carboxylic acids is 1. The lowest BCUT2D eigenvalue weighted by molar-refractivity contribution is -0.136. The number of guanidine groups is 1. The van der Waals surface area contributed by atoms with E-state index in [9.17, 15) is 9.59 Å². The molecule has 2 aromatic rings. The van der Waals surface area contributed by atoms with E-state index in [-0.39, 0.29) is 30.8 Å². The number of nitrogens with zero attached hydrogens (tertiary/aromatic N) is 6. The molecule has 1 saturated heterocycles. The number of hydrogen-bond acceptors (Lipinski definition) is 6. The molecule has 0 saturated carbocycles. The van der Waals surface area contributed by atoms with Crippen LogP contribution in [0.4, 0.5) is 5.69 Å². The van der Waals surface area contributed by atoms with E-state index in [4.69, 9.17) is 16.2 Å². The quantitative estimate of drug-likeness (QED) is 0.372. The van der Waals surface area contributed by atoms with Crippen molar-refractivity contribution in [2.75, 3.05) is 44.2 Å². The highest BCUT2D eigenvalue weighted by atomic mass is 35.5. The van der Waals surface area contributed by atoms with Crippen molar-refractivity contribution < 1.29 is 14.7 Å². The van der Waals surface area contributed by atoms with Crippen molar-refractivity contribution in [3.05, 3.63) is 42.2 Å². The average Bonchev–Trinajstić information content (AvgIpc) is 3.18. The first-order valence-corrected chi connectivity index (χ1v) is 9.70. The van der Waals surface area contributed by atoms with Crippen molar-refractivity contribution in [2.24, 2.45) is 5.73 Å². The topological polar surface area (TPSA) is 145 Å².